The van der Waals surface area contributed by atoms with E-state index in [4.69, 9.17) is 4.74 Å². The number of nitrogens with one attached hydrogen (secondary N) is 1. The molecule has 1 aromatic carbocycles. The normalized spacial score (nSPS) is 22.5. The third-order valence-electron chi connectivity index (χ3n) is 6.35. The first-order valence-electron chi connectivity index (χ1n) is 11.5. The zero-order valence-corrected chi connectivity index (χ0v) is 19.2. The Morgan fingerprint density at radius 2 is 2.13 bits per heavy atom. The lowest BCUT2D eigenvalue weighted by Crippen LogP contribution is -2.45. The fourth-order valence-electron chi connectivity index (χ4n) is 4.69. The van der Waals surface area contributed by atoms with Crippen LogP contribution in [0.3, 0.4) is 0 Å². The van der Waals surface area contributed by atoms with Crippen molar-refractivity contribution in [3.8, 4) is 5.75 Å². The molecule has 1 aromatic heterocycles. The number of hydrogen-bond donors (Lipinski definition) is 1. The van der Waals surface area contributed by atoms with Gasteiger partial charge in [-0.25, -0.2) is 0 Å². The predicted octanol–water partition coefficient (Wildman–Crippen LogP) is 4.52. The van der Waals surface area contributed by atoms with Crippen LogP contribution in [-0.4, -0.2) is 35.0 Å². The van der Waals surface area contributed by atoms with Gasteiger partial charge < -0.3 is 10.1 Å². The summed E-state index contributed by atoms with van der Waals surface area (Å²) in [5, 5.41) is 3.32. The summed E-state index contributed by atoms with van der Waals surface area (Å²) in [6.45, 7) is 11.0. The monoisotopic (exact) mass is 421 g/mol. The average molecular weight is 422 g/mol. The lowest BCUT2D eigenvalue weighted by Gasteiger charge is -2.38. The number of likely N-dealkylation sites (tertiary alicyclic amines) is 1. The molecule has 4 rings (SSSR count). The molecule has 0 bridgehead atoms. The van der Waals surface area contributed by atoms with Crippen molar-refractivity contribution in [2.45, 2.75) is 65.6 Å². The van der Waals surface area contributed by atoms with Crippen molar-refractivity contribution in [3.63, 3.8) is 0 Å². The molecule has 2 aliphatic heterocycles. The van der Waals surface area contributed by atoms with Crippen LogP contribution >= 0.6 is 0 Å². The number of nitrogens with zero attached hydrogens (tertiary/aromatic N) is 2. The standard InChI is InChI=1S/C26H35N3O2/c1-18-14-21-15-19(10-11-23(21)31-18)16-29-13-7-8-20(17-29)24(22-9-5-6-12-27-22)28-25(30)26(2,3)4/h5-6,9-12,15,18,20,24H,7-8,13-14,16-17H2,1-4H3,(H,28,30)/t18-,20-,24+/m1/s1. The fourth-order valence-corrected chi connectivity index (χ4v) is 4.69. The summed E-state index contributed by atoms with van der Waals surface area (Å²) in [5.41, 5.74) is 3.19. The number of fused-ring (bicyclic) bond motifs is 1. The minimum absolute atomic E-state index is 0.0648. The predicted molar refractivity (Wildman–Crippen MR) is 123 cm³/mol. The average Bonchev–Trinajstić information content (AvgIpc) is 3.11. The van der Waals surface area contributed by atoms with Gasteiger partial charge in [-0.1, -0.05) is 39.0 Å². The smallest absolute Gasteiger partial charge is 0.225 e. The molecule has 31 heavy (non-hydrogen) atoms. The topological polar surface area (TPSA) is 54.5 Å². The highest BCUT2D eigenvalue weighted by molar-refractivity contribution is 5.81. The number of rotatable bonds is 5. The van der Waals surface area contributed by atoms with Gasteiger partial charge in [0.1, 0.15) is 11.9 Å². The van der Waals surface area contributed by atoms with Gasteiger partial charge in [0, 0.05) is 31.1 Å². The lowest BCUT2D eigenvalue weighted by atomic mass is 9.86. The summed E-state index contributed by atoms with van der Waals surface area (Å²) in [6, 6.07) is 12.5. The molecule has 2 aliphatic rings. The van der Waals surface area contributed by atoms with Crippen LogP contribution in [0.15, 0.2) is 42.6 Å². The summed E-state index contributed by atoms with van der Waals surface area (Å²) in [5.74, 6) is 1.45. The lowest BCUT2D eigenvalue weighted by molar-refractivity contribution is -0.130. The summed E-state index contributed by atoms with van der Waals surface area (Å²) < 4.78 is 5.85. The van der Waals surface area contributed by atoms with E-state index < -0.39 is 5.41 Å². The fraction of sp³-hybridized carbons (Fsp3) is 0.538. The van der Waals surface area contributed by atoms with Crippen molar-refractivity contribution < 1.29 is 9.53 Å². The number of amides is 1. The van der Waals surface area contributed by atoms with Crippen molar-refractivity contribution in [2.75, 3.05) is 13.1 Å². The molecule has 0 saturated carbocycles. The Morgan fingerprint density at radius 1 is 1.29 bits per heavy atom. The van der Waals surface area contributed by atoms with E-state index in [-0.39, 0.29) is 18.1 Å². The Hall–Kier alpha value is -2.40. The molecule has 0 spiro atoms. The van der Waals surface area contributed by atoms with Crippen LogP contribution in [-0.2, 0) is 17.8 Å². The molecular formula is C26H35N3O2. The Balaban J connectivity index is 1.48. The quantitative estimate of drug-likeness (QED) is 0.771. The van der Waals surface area contributed by atoms with E-state index in [9.17, 15) is 4.79 Å². The highest BCUT2D eigenvalue weighted by atomic mass is 16.5. The number of carbonyl (C=O) groups is 1. The highest BCUT2D eigenvalue weighted by Gasteiger charge is 2.33. The first-order chi connectivity index (χ1) is 14.8. The Bertz CT molecular complexity index is 907. The van der Waals surface area contributed by atoms with Gasteiger partial charge in [0.2, 0.25) is 5.91 Å². The molecule has 1 fully saturated rings. The number of carbonyl (C=O) groups excluding carboxylic acids is 1. The molecule has 5 nitrogen and oxygen atoms in total. The van der Waals surface area contributed by atoms with Crippen LogP contribution in [0.2, 0.25) is 0 Å². The number of aromatic nitrogens is 1. The second-order valence-corrected chi connectivity index (χ2v) is 10.2. The van der Waals surface area contributed by atoms with Crippen LogP contribution in [0.5, 0.6) is 5.75 Å². The molecule has 1 N–H and O–H groups in total. The molecule has 0 unspecified atom stereocenters. The van der Waals surface area contributed by atoms with Crippen molar-refractivity contribution in [2.24, 2.45) is 11.3 Å². The van der Waals surface area contributed by atoms with Crippen molar-refractivity contribution >= 4 is 5.91 Å². The molecule has 5 heteroatoms. The maximum atomic E-state index is 12.8. The van der Waals surface area contributed by atoms with E-state index in [1.807, 2.05) is 45.2 Å². The van der Waals surface area contributed by atoms with Crippen LogP contribution < -0.4 is 10.1 Å². The Kier molecular flexibility index (Phi) is 6.33. The number of benzene rings is 1. The molecular weight excluding hydrogens is 386 g/mol. The third kappa shape index (κ3) is 5.27. The summed E-state index contributed by atoms with van der Waals surface area (Å²) in [7, 11) is 0. The van der Waals surface area contributed by atoms with Gasteiger partial charge in [-0.3, -0.25) is 14.7 Å². The number of pyridine rings is 1. The molecule has 1 amide bonds. The summed E-state index contributed by atoms with van der Waals surface area (Å²) in [6.07, 6.45) is 5.31. The van der Waals surface area contributed by atoms with Crippen LogP contribution in [0.4, 0.5) is 0 Å². The van der Waals surface area contributed by atoms with Crippen LogP contribution in [0, 0.1) is 11.3 Å². The van der Waals surface area contributed by atoms with Gasteiger partial charge in [-0.15, -0.1) is 0 Å². The second kappa shape index (κ2) is 8.99. The highest BCUT2D eigenvalue weighted by Crippen LogP contribution is 2.33. The van der Waals surface area contributed by atoms with E-state index >= 15 is 0 Å². The summed E-state index contributed by atoms with van der Waals surface area (Å²) in [4.78, 5) is 20.0. The Labute approximate surface area is 186 Å². The number of piperidine rings is 1. The zero-order chi connectivity index (χ0) is 22.0. The maximum absolute atomic E-state index is 12.8. The minimum atomic E-state index is -0.426. The van der Waals surface area contributed by atoms with E-state index in [2.05, 4.69) is 40.3 Å². The van der Waals surface area contributed by atoms with Crippen molar-refractivity contribution in [3.05, 3.63) is 59.4 Å². The molecule has 2 aromatic rings. The SMILES string of the molecule is C[C@@H]1Cc2cc(CN3CCC[C@@H]([C@H](NC(=O)C(C)(C)C)c4ccccn4)C3)ccc2O1. The minimum Gasteiger partial charge on any atom is -0.490 e. The van der Waals surface area contributed by atoms with E-state index in [1.54, 1.807) is 0 Å². The van der Waals surface area contributed by atoms with Crippen LogP contribution in [0.25, 0.3) is 0 Å². The van der Waals surface area contributed by atoms with Gasteiger partial charge in [-0.2, -0.15) is 0 Å². The molecule has 3 atom stereocenters. The summed E-state index contributed by atoms with van der Waals surface area (Å²) >= 11 is 0. The van der Waals surface area contributed by atoms with E-state index in [1.165, 1.54) is 11.1 Å². The third-order valence-corrected chi connectivity index (χ3v) is 6.35. The first-order valence-corrected chi connectivity index (χ1v) is 11.5. The van der Waals surface area contributed by atoms with Gasteiger partial charge in [0.25, 0.3) is 0 Å². The van der Waals surface area contributed by atoms with Gasteiger partial charge in [0.05, 0.1) is 11.7 Å². The Morgan fingerprint density at radius 3 is 2.87 bits per heavy atom. The van der Waals surface area contributed by atoms with Crippen LogP contribution in [0.1, 0.15) is 63.4 Å². The number of ether oxygens (including phenoxy) is 1. The molecule has 166 valence electrons. The maximum Gasteiger partial charge on any atom is 0.225 e. The van der Waals surface area contributed by atoms with Gasteiger partial charge in [-0.05, 0) is 61.6 Å². The zero-order valence-electron chi connectivity index (χ0n) is 19.2. The van der Waals surface area contributed by atoms with Gasteiger partial charge >= 0.3 is 0 Å². The second-order valence-electron chi connectivity index (χ2n) is 10.2. The molecule has 1 saturated heterocycles. The van der Waals surface area contributed by atoms with Crippen molar-refractivity contribution in [1.82, 2.24) is 15.2 Å². The van der Waals surface area contributed by atoms with Gasteiger partial charge in [0.15, 0.2) is 0 Å². The number of hydrogen-bond acceptors (Lipinski definition) is 4. The van der Waals surface area contributed by atoms with E-state index in [0.717, 1.165) is 50.3 Å². The first kappa shape index (κ1) is 21.8. The molecule has 0 radical (unpaired) electrons. The van der Waals surface area contributed by atoms with E-state index in [0.29, 0.717) is 5.92 Å². The van der Waals surface area contributed by atoms with Crippen molar-refractivity contribution in [1.29, 1.82) is 0 Å². The molecule has 0 aliphatic carbocycles. The largest absolute Gasteiger partial charge is 0.490 e. The molecule has 3 heterocycles.